The number of H-pyrrole nitrogens is 1. The highest BCUT2D eigenvalue weighted by atomic mass is 32.1. The molecule has 1 unspecified atom stereocenters. The minimum atomic E-state index is -0.685. The molecule has 0 aliphatic carbocycles. The average Bonchev–Trinajstić information content (AvgIpc) is 3.27. The number of methoxy groups -OCH3 is 1. The number of imidazole rings is 1. The minimum Gasteiger partial charge on any atom is -0.467 e. The van der Waals surface area contributed by atoms with Gasteiger partial charge in [-0.3, -0.25) is 4.79 Å². The molecule has 1 aromatic carbocycles. The van der Waals surface area contributed by atoms with E-state index in [0.717, 1.165) is 27.9 Å². The van der Waals surface area contributed by atoms with E-state index in [-0.39, 0.29) is 5.91 Å². The Hall–Kier alpha value is -2.67. The van der Waals surface area contributed by atoms with Crippen LogP contribution < -0.4 is 0 Å². The maximum Gasteiger partial charge on any atom is 0.333 e. The molecule has 1 amide bonds. The zero-order valence-electron chi connectivity index (χ0n) is 13.0. The second-order valence-electron chi connectivity index (χ2n) is 5.61. The van der Waals surface area contributed by atoms with Crippen LogP contribution in [0.1, 0.15) is 26.8 Å². The van der Waals surface area contributed by atoms with Crippen molar-refractivity contribution in [3.8, 4) is 0 Å². The monoisotopic (exact) mass is 341 g/mol. The van der Waals surface area contributed by atoms with Crippen molar-refractivity contribution in [2.75, 3.05) is 13.7 Å². The number of thiophene rings is 1. The number of nitrogens with one attached hydrogen (secondary N) is 1. The molecule has 3 aromatic rings. The maximum atomic E-state index is 13.0. The van der Waals surface area contributed by atoms with Crippen molar-refractivity contribution in [3.05, 3.63) is 52.0 Å². The Morgan fingerprint density at radius 2 is 2.25 bits per heavy atom. The highest BCUT2D eigenvalue weighted by Crippen LogP contribution is 2.35. The van der Waals surface area contributed by atoms with E-state index in [1.165, 1.54) is 7.11 Å². The van der Waals surface area contributed by atoms with Crippen molar-refractivity contribution < 1.29 is 14.3 Å². The molecule has 0 radical (unpaired) electrons. The summed E-state index contributed by atoms with van der Waals surface area (Å²) < 4.78 is 4.95. The lowest BCUT2D eigenvalue weighted by atomic mass is 9.98. The van der Waals surface area contributed by atoms with Crippen LogP contribution in [0, 0.1) is 0 Å². The van der Waals surface area contributed by atoms with E-state index in [1.54, 1.807) is 40.8 Å². The van der Waals surface area contributed by atoms with E-state index in [1.807, 2.05) is 11.4 Å². The molecule has 1 aliphatic rings. The van der Waals surface area contributed by atoms with Gasteiger partial charge in [0.05, 0.1) is 24.5 Å². The number of carbonyl (C=O) groups is 2. The minimum absolute atomic E-state index is 0.182. The van der Waals surface area contributed by atoms with Crippen LogP contribution in [-0.4, -0.2) is 40.4 Å². The molecular weight excluding hydrogens is 326 g/mol. The van der Waals surface area contributed by atoms with Crippen LogP contribution in [0.15, 0.2) is 36.0 Å². The number of nitrogens with zero attached hydrogens (tertiary/aromatic N) is 2. The Labute approximate surface area is 142 Å². The third kappa shape index (κ3) is 2.28. The first-order chi connectivity index (χ1) is 11.7. The molecule has 24 heavy (non-hydrogen) atoms. The van der Waals surface area contributed by atoms with Crippen molar-refractivity contribution in [1.29, 1.82) is 0 Å². The Bertz CT molecular complexity index is 930. The number of benzene rings is 1. The normalized spacial score (nSPS) is 16.9. The lowest BCUT2D eigenvalue weighted by Crippen LogP contribution is -2.43. The van der Waals surface area contributed by atoms with Crippen LogP contribution in [0.3, 0.4) is 0 Å². The van der Waals surface area contributed by atoms with Crippen LogP contribution in [0.25, 0.3) is 11.0 Å². The van der Waals surface area contributed by atoms with Gasteiger partial charge in [0, 0.05) is 17.0 Å². The van der Waals surface area contributed by atoms with Gasteiger partial charge in [-0.15, -0.1) is 11.3 Å². The van der Waals surface area contributed by atoms with Crippen molar-refractivity contribution in [1.82, 2.24) is 14.9 Å². The molecule has 0 saturated carbocycles. The van der Waals surface area contributed by atoms with Crippen LogP contribution in [0.4, 0.5) is 0 Å². The number of hydrogen-bond donors (Lipinski definition) is 1. The lowest BCUT2D eigenvalue weighted by Gasteiger charge is -2.34. The molecule has 6 nitrogen and oxygen atoms in total. The fourth-order valence-corrected chi connectivity index (χ4v) is 4.04. The Balaban J connectivity index is 1.73. The summed E-state index contributed by atoms with van der Waals surface area (Å²) in [6.45, 7) is 0.493. The van der Waals surface area contributed by atoms with Crippen LogP contribution in [-0.2, 0) is 16.0 Å². The van der Waals surface area contributed by atoms with E-state index in [9.17, 15) is 9.59 Å². The SMILES string of the molecule is COC(=O)C1c2ccsc2CCN1C(=O)c1ccc2nc[nH]c2c1. The summed E-state index contributed by atoms with van der Waals surface area (Å²) in [5, 5.41) is 1.95. The predicted octanol–water partition coefficient (Wildman–Crippen LogP) is 2.54. The molecular formula is C17H15N3O3S. The first-order valence-electron chi connectivity index (χ1n) is 7.57. The molecule has 0 spiro atoms. The first kappa shape index (κ1) is 14.9. The number of carbonyl (C=O) groups excluding carboxylic acids is 2. The Kier molecular flexibility index (Phi) is 3.57. The molecule has 1 N–H and O–H groups in total. The summed E-state index contributed by atoms with van der Waals surface area (Å²) in [4.78, 5) is 35.2. The molecule has 122 valence electrons. The molecule has 3 heterocycles. The third-order valence-corrected chi connectivity index (χ3v) is 5.31. The molecule has 1 atom stereocenters. The number of hydrogen-bond acceptors (Lipinski definition) is 5. The number of aromatic nitrogens is 2. The number of ether oxygens (including phenoxy) is 1. The highest BCUT2D eigenvalue weighted by Gasteiger charge is 2.37. The number of aromatic amines is 1. The molecule has 0 bridgehead atoms. The summed E-state index contributed by atoms with van der Waals surface area (Å²) in [7, 11) is 1.35. The van der Waals surface area contributed by atoms with E-state index >= 15 is 0 Å². The molecule has 1 aliphatic heterocycles. The first-order valence-corrected chi connectivity index (χ1v) is 8.45. The zero-order chi connectivity index (χ0) is 16.7. The van der Waals surface area contributed by atoms with Gasteiger partial charge in [-0.25, -0.2) is 9.78 Å². The van der Waals surface area contributed by atoms with Crippen molar-refractivity contribution in [2.24, 2.45) is 0 Å². The molecule has 7 heteroatoms. The smallest absolute Gasteiger partial charge is 0.333 e. The number of esters is 1. The Morgan fingerprint density at radius 1 is 1.38 bits per heavy atom. The highest BCUT2D eigenvalue weighted by molar-refractivity contribution is 7.10. The van der Waals surface area contributed by atoms with Gasteiger partial charge < -0.3 is 14.6 Å². The largest absolute Gasteiger partial charge is 0.467 e. The van der Waals surface area contributed by atoms with Crippen LogP contribution >= 0.6 is 11.3 Å². The van der Waals surface area contributed by atoms with Crippen LogP contribution in [0.5, 0.6) is 0 Å². The number of amides is 1. The van der Waals surface area contributed by atoms with Gasteiger partial charge in [-0.2, -0.15) is 0 Å². The molecule has 0 fully saturated rings. The summed E-state index contributed by atoms with van der Waals surface area (Å²) in [6.07, 6.45) is 2.34. The molecule has 0 saturated heterocycles. The standard InChI is InChI=1S/C17H15N3O3S/c1-23-17(22)15-11-5-7-24-14(11)4-6-20(15)16(21)10-2-3-12-13(8-10)19-9-18-12/h2-3,5,7-9,15H,4,6H2,1H3,(H,18,19). The second kappa shape index (κ2) is 5.76. The van der Waals surface area contributed by atoms with Crippen molar-refractivity contribution in [2.45, 2.75) is 12.5 Å². The van der Waals surface area contributed by atoms with Crippen molar-refractivity contribution in [3.63, 3.8) is 0 Å². The average molecular weight is 341 g/mol. The fourth-order valence-electron chi connectivity index (χ4n) is 3.14. The van der Waals surface area contributed by atoms with E-state index in [0.29, 0.717) is 12.1 Å². The summed E-state index contributed by atoms with van der Waals surface area (Å²) >= 11 is 1.61. The van der Waals surface area contributed by atoms with Crippen molar-refractivity contribution >= 4 is 34.2 Å². The summed E-state index contributed by atoms with van der Waals surface area (Å²) in [6, 6.07) is 6.52. The van der Waals surface area contributed by atoms with Gasteiger partial charge in [-0.05, 0) is 41.6 Å². The van der Waals surface area contributed by atoms with E-state index in [2.05, 4.69) is 9.97 Å². The number of rotatable bonds is 2. The summed E-state index contributed by atoms with van der Waals surface area (Å²) in [5.41, 5.74) is 2.99. The van der Waals surface area contributed by atoms with E-state index < -0.39 is 12.0 Å². The fraction of sp³-hybridized carbons (Fsp3) is 0.235. The van der Waals surface area contributed by atoms with Gasteiger partial charge in [0.2, 0.25) is 0 Å². The lowest BCUT2D eigenvalue weighted by molar-refractivity contribution is -0.146. The Morgan fingerprint density at radius 3 is 3.08 bits per heavy atom. The number of fused-ring (bicyclic) bond motifs is 2. The zero-order valence-corrected chi connectivity index (χ0v) is 13.8. The van der Waals surface area contributed by atoms with Gasteiger partial charge in [0.25, 0.3) is 5.91 Å². The maximum absolute atomic E-state index is 13.0. The third-order valence-electron chi connectivity index (χ3n) is 4.32. The van der Waals surface area contributed by atoms with Gasteiger partial charge in [0.15, 0.2) is 6.04 Å². The van der Waals surface area contributed by atoms with E-state index in [4.69, 9.17) is 4.74 Å². The summed E-state index contributed by atoms with van der Waals surface area (Å²) in [5.74, 6) is -0.593. The topological polar surface area (TPSA) is 75.3 Å². The molecule has 4 rings (SSSR count). The van der Waals surface area contributed by atoms with Gasteiger partial charge in [0.1, 0.15) is 0 Å². The van der Waals surface area contributed by atoms with Gasteiger partial charge >= 0.3 is 5.97 Å². The predicted molar refractivity (Wildman–Crippen MR) is 89.9 cm³/mol. The van der Waals surface area contributed by atoms with Gasteiger partial charge in [-0.1, -0.05) is 0 Å². The second-order valence-corrected chi connectivity index (χ2v) is 6.61. The quantitative estimate of drug-likeness (QED) is 0.727. The van der Waals surface area contributed by atoms with Crippen LogP contribution in [0.2, 0.25) is 0 Å². The molecule has 2 aromatic heterocycles.